The Balaban J connectivity index is 2.56. The van der Waals surface area contributed by atoms with Crippen LogP contribution in [-0.4, -0.2) is 68.2 Å². The monoisotopic (exact) mass is 229 g/mol. The summed E-state index contributed by atoms with van der Waals surface area (Å²) in [5, 5.41) is 3.02. The maximum absolute atomic E-state index is 11.9. The number of piperazine rings is 1. The van der Waals surface area contributed by atoms with Crippen molar-refractivity contribution in [1.82, 2.24) is 15.1 Å². The number of rotatable bonds is 2. The summed E-state index contributed by atoms with van der Waals surface area (Å²) in [5.41, 5.74) is 0. The molecule has 92 valence electrons. The van der Waals surface area contributed by atoms with Gasteiger partial charge >= 0.3 is 12.0 Å². The standard InChI is InChI=1S/C10H19N3O3/c1-4-12(2)10(15)13-6-5-11-8(7-13)9(14)16-3/h8,11H,4-7H2,1-3H3. The van der Waals surface area contributed by atoms with Crippen molar-refractivity contribution in [3.8, 4) is 0 Å². The lowest BCUT2D eigenvalue weighted by molar-refractivity contribution is -0.144. The van der Waals surface area contributed by atoms with Crippen molar-refractivity contribution >= 4 is 12.0 Å². The van der Waals surface area contributed by atoms with Crippen LogP contribution in [0.4, 0.5) is 4.79 Å². The van der Waals surface area contributed by atoms with Crippen molar-refractivity contribution < 1.29 is 14.3 Å². The van der Waals surface area contributed by atoms with Crippen LogP contribution in [0, 0.1) is 0 Å². The molecule has 1 aliphatic rings. The second-order valence-electron chi connectivity index (χ2n) is 3.77. The van der Waals surface area contributed by atoms with E-state index < -0.39 is 6.04 Å². The van der Waals surface area contributed by atoms with E-state index >= 15 is 0 Å². The van der Waals surface area contributed by atoms with Crippen molar-refractivity contribution in [1.29, 1.82) is 0 Å². The predicted molar refractivity (Wildman–Crippen MR) is 59.1 cm³/mol. The third kappa shape index (κ3) is 2.85. The van der Waals surface area contributed by atoms with Gasteiger partial charge in [-0.2, -0.15) is 0 Å². The van der Waals surface area contributed by atoms with E-state index in [-0.39, 0.29) is 12.0 Å². The first-order chi connectivity index (χ1) is 7.60. The number of nitrogens with one attached hydrogen (secondary N) is 1. The third-order valence-electron chi connectivity index (χ3n) is 2.73. The Labute approximate surface area is 95.5 Å². The molecule has 1 fully saturated rings. The van der Waals surface area contributed by atoms with E-state index in [0.29, 0.717) is 26.2 Å². The van der Waals surface area contributed by atoms with Crippen molar-refractivity contribution in [2.75, 3.05) is 40.3 Å². The summed E-state index contributed by atoms with van der Waals surface area (Å²) in [7, 11) is 3.10. The second kappa shape index (κ2) is 5.69. The Bertz CT molecular complexity index is 270. The largest absolute Gasteiger partial charge is 0.468 e. The van der Waals surface area contributed by atoms with Crippen LogP contribution < -0.4 is 5.32 Å². The zero-order chi connectivity index (χ0) is 12.1. The van der Waals surface area contributed by atoms with Gasteiger partial charge in [0.2, 0.25) is 0 Å². The van der Waals surface area contributed by atoms with E-state index in [1.165, 1.54) is 7.11 Å². The fraction of sp³-hybridized carbons (Fsp3) is 0.800. The minimum atomic E-state index is -0.409. The van der Waals surface area contributed by atoms with Crippen LogP contribution in [-0.2, 0) is 9.53 Å². The van der Waals surface area contributed by atoms with Gasteiger partial charge in [-0.25, -0.2) is 4.79 Å². The first-order valence-corrected chi connectivity index (χ1v) is 5.41. The van der Waals surface area contributed by atoms with Crippen molar-refractivity contribution in [2.45, 2.75) is 13.0 Å². The molecule has 0 saturated carbocycles. The summed E-state index contributed by atoms with van der Waals surface area (Å²) >= 11 is 0. The summed E-state index contributed by atoms with van der Waals surface area (Å²) in [6.45, 7) is 4.18. The lowest BCUT2D eigenvalue weighted by atomic mass is 10.2. The molecule has 1 atom stereocenters. The maximum atomic E-state index is 11.9. The minimum Gasteiger partial charge on any atom is -0.468 e. The van der Waals surface area contributed by atoms with Crippen LogP contribution >= 0.6 is 0 Å². The van der Waals surface area contributed by atoms with E-state index in [0.717, 1.165) is 0 Å². The normalized spacial score (nSPS) is 20.4. The summed E-state index contributed by atoms with van der Waals surface area (Å²) in [6.07, 6.45) is 0. The molecule has 1 rings (SSSR count). The highest BCUT2D eigenvalue weighted by atomic mass is 16.5. The number of hydrogen-bond donors (Lipinski definition) is 1. The highest BCUT2D eigenvalue weighted by molar-refractivity contribution is 5.79. The van der Waals surface area contributed by atoms with Gasteiger partial charge in [0, 0.05) is 33.2 Å². The van der Waals surface area contributed by atoms with Crippen LogP contribution in [0.3, 0.4) is 0 Å². The topological polar surface area (TPSA) is 61.9 Å². The quantitative estimate of drug-likeness (QED) is 0.649. The van der Waals surface area contributed by atoms with Gasteiger partial charge in [-0.3, -0.25) is 4.79 Å². The summed E-state index contributed by atoms with van der Waals surface area (Å²) < 4.78 is 4.65. The summed E-state index contributed by atoms with van der Waals surface area (Å²) in [5.74, 6) is -0.323. The molecule has 1 heterocycles. The number of amides is 2. The van der Waals surface area contributed by atoms with Gasteiger partial charge in [-0.1, -0.05) is 0 Å². The van der Waals surface area contributed by atoms with E-state index in [2.05, 4.69) is 10.1 Å². The van der Waals surface area contributed by atoms with Gasteiger partial charge in [-0.05, 0) is 6.92 Å². The Hall–Kier alpha value is -1.30. The number of urea groups is 1. The van der Waals surface area contributed by atoms with Gasteiger partial charge in [0.1, 0.15) is 6.04 Å². The number of esters is 1. The number of carbonyl (C=O) groups excluding carboxylic acids is 2. The zero-order valence-corrected chi connectivity index (χ0v) is 10.0. The first-order valence-electron chi connectivity index (χ1n) is 5.41. The molecule has 1 saturated heterocycles. The van der Waals surface area contributed by atoms with Crippen molar-refractivity contribution in [2.24, 2.45) is 0 Å². The highest BCUT2D eigenvalue weighted by Crippen LogP contribution is 2.04. The maximum Gasteiger partial charge on any atom is 0.324 e. The van der Waals surface area contributed by atoms with Crippen LogP contribution in [0.25, 0.3) is 0 Å². The molecule has 6 nitrogen and oxygen atoms in total. The van der Waals surface area contributed by atoms with E-state index in [1.54, 1.807) is 16.8 Å². The zero-order valence-electron chi connectivity index (χ0n) is 10.0. The Morgan fingerprint density at radius 1 is 1.56 bits per heavy atom. The average Bonchev–Trinajstić information content (AvgIpc) is 2.36. The molecule has 0 radical (unpaired) electrons. The molecule has 6 heteroatoms. The van der Waals surface area contributed by atoms with Crippen molar-refractivity contribution in [3.05, 3.63) is 0 Å². The molecule has 0 bridgehead atoms. The Kier molecular flexibility index (Phi) is 4.54. The molecule has 2 amide bonds. The number of methoxy groups -OCH3 is 1. The van der Waals surface area contributed by atoms with Crippen LogP contribution in [0.1, 0.15) is 6.92 Å². The minimum absolute atomic E-state index is 0.0436. The molecule has 0 spiro atoms. The molecule has 0 aromatic carbocycles. The third-order valence-corrected chi connectivity index (χ3v) is 2.73. The number of carbonyl (C=O) groups is 2. The predicted octanol–water partition coefficient (Wildman–Crippen LogP) is -0.495. The number of nitrogens with zero attached hydrogens (tertiary/aromatic N) is 2. The van der Waals surface area contributed by atoms with E-state index in [1.807, 2.05) is 6.92 Å². The van der Waals surface area contributed by atoms with Gasteiger partial charge in [0.25, 0.3) is 0 Å². The lowest BCUT2D eigenvalue weighted by Crippen LogP contribution is -2.58. The Morgan fingerprint density at radius 3 is 2.81 bits per heavy atom. The fourth-order valence-corrected chi connectivity index (χ4v) is 1.60. The van der Waals surface area contributed by atoms with E-state index in [9.17, 15) is 9.59 Å². The molecule has 0 aliphatic carbocycles. The molecule has 1 unspecified atom stereocenters. The smallest absolute Gasteiger partial charge is 0.324 e. The molecule has 16 heavy (non-hydrogen) atoms. The SMILES string of the molecule is CCN(C)C(=O)N1CCNC(C(=O)OC)C1. The number of hydrogen-bond acceptors (Lipinski definition) is 4. The van der Waals surface area contributed by atoms with Gasteiger partial charge in [0.05, 0.1) is 7.11 Å². The average molecular weight is 229 g/mol. The van der Waals surface area contributed by atoms with Crippen LogP contribution in [0.15, 0.2) is 0 Å². The molecule has 0 aromatic heterocycles. The second-order valence-corrected chi connectivity index (χ2v) is 3.77. The molecular formula is C10H19N3O3. The summed E-state index contributed by atoms with van der Waals surface area (Å²) in [4.78, 5) is 26.5. The molecule has 1 aliphatic heterocycles. The highest BCUT2D eigenvalue weighted by Gasteiger charge is 2.29. The molecule has 0 aromatic rings. The van der Waals surface area contributed by atoms with Crippen molar-refractivity contribution in [3.63, 3.8) is 0 Å². The first kappa shape index (κ1) is 12.8. The van der Waals surface area contributed by atoms with E-state index in [4.69, 9.17) is 0 Å². The van der Waals surface area contributed by atoms with Gasteiger partial charge in [0.15, 0.2) is 0 Å². The van der Waals surface area contributed by atoms with Gasteiger partial charge < -0.3 is 19.9 Å². The summed E-state index contributed by atoms with van der Waals surface area (Å²) in [6, 6.07) is -0.453. The molecular weight excluding hydrogens is 210 g/mol. The number of ether oxygens (including phenoxy) is 1. The van der Waals surface area contributed by atoms with Gasteiger partial charge in [-0.15, -0.1) is 0 Å². The Morgan fingerprint density at radius 2 is 2.25 bits per heavy atom. The van der Waals surface area contributed by atoms with Crippen LogP contribution in [0.2, 0.25) is 0 Å². The lowest BCUT2D eigenvalue weighted by Gasteiger charge is -2.34. The van der Waals surface area contributed by atoms with Crippen LogP contribution in [0.5, 0.6) is 0 Å². The fourth-order valence-electron chi connectivity index (χ4n) is 1.60. The molecule has 1 N–H and O–H groups in total.